The van der Waals surface area contributed by atoms with Crippen molar-refractivity contribution >= 4 is 52.2 Å². The molecule has 1 N–H and O–H groups in total. The number of amides is 3. The van der Waals surface area contributed by atoms with E-state index in [4.69, 9.17) is 21.1 Å². The molecule has 1 fully saturated rings. The van der Waals surface area contributed by atoms with Crippen LogP contribution in [0.1, 0.15) is 16.7 Å². The van der Waals surface area contributed by atoms with E-state index in [0.29, 0.717) is 32.6 Å². The highest BCUT2D eigenvalue weighted by molar-refractivity contribution is 8.18. The summed E-state index contributed by atoms with van der Waals surface area (Å²) in [4.78, 5) is 39.1. The summed E-state index contributed by atoms with van der Waals surface area (Å²) in [6, 6.07) is 19.6. The highest BCUT2D eigenvalue weighted by Crippen LogP contribution is 2.36. The second-order valence-electron chi connectivity index (χ2n) is 7.92. The Kier molecular flexibility index (Phi) is 7.97. The maximum Gasteiger partial charge on any atom is 0.293 e. The number of carbonyl (C=O) groups is 3. The zero-order valence-corrected chi connectivity index (χ0v) is 21.2. The topological polar surface area (TPSA) is 84.9 Å². The highest BCUT2D eigenvalue weighted by Gasteiger charge is 2.35. The van der Waals surface area contributed by atoms with Gasteiger partial charge in [0.2, 0.25) is 0 Å². The first kappa shape index (κ1) is 25.3. The molecule has 1 saturated heterocycles. The van der Waals surface area contributed by atoms with Crippen LogP contribution in [0.2, 0.25) is 5.02 Å². The van der Waals surface area contributed by atoms with Crippen molar-refractivity contribution in [1.29, 1.82) is 0 Å². The van der Waals surface area contributed by atoms with Gasteiger partial charge in [0.1, 0.15) is 0 Å². The molecule has 1 aliphatic heterocycles. The van der Waals surface area contributed by atoms with Crippen molar-refractivity contribution in [3.8, 4) is 11.5 Å². The fourth-order valence-electron chi connectivity index (χ4n) is 3.52. The third kappa shape index (κ3) is 5.90. The Morgan fingerprint density at radius 2 is 1.81 bits per heavy atom. The number of nitrogens with one attached hydrogen (secondary N) is 1. The number of para-hydroxylation sites is 1. The Bertz CT molecular complexity index is 1360. The lowest BCUT2D eigenvalue weighted by Gasteiger charge is -2.13. The van der Waals surface area contributed by atoms with E-state index in [2.05, 4.69) is 5.32 Å². The molecule has 3 amide bonds. The van der Waals surface area contributed by atoms with Crippen LogP contribution < -0.4 is 14.8 Å². The number of benzene rings is 3. The van der Waals surface area contributed by atoms with E-state index in [1.807, 2.05) is 31.2 Å². The molecule has 3 aromatic rings. The van der Waals surface area contributed by atoms with Gasteiger partial charge >= 0.3 is 0 Å². The molecule has 0 aromatic heterocycles. The maximum atomic E-state index is 12.9. The van der Waals surface area contributed by atoms with Gasteiger partial charge in [-0.3, -0.25) is 19.3 Å². The predicted octanol–water partition coefficient (Wildman–Crippen LogP) is 5.91. The number of carbonyl (C=O) groups excluding carboxylic acids is 3. The van der Waals surface area contributed by atoms with Gasteiger partial charge in [0, 0.05) is 10.7 Å². The van der Waals surface area contributed by atoms with Crippen molar-refractivity contribution in [1.82, 2.24) is 4.90 Å². The number of ether oxygens (including phenoxy) is 2. The summed E-state index contributed by atoms with van der Waals surface area (Å²) < 4.78 is 11.1. The van der Waals surface area contributed by atoms with Crippen LogP contribution in [0.5, 0.6) is 11.5 Å². The lowest BCUT2D eigenvalue weighted by atomic mass is 10.1. The van der Waals surface area contributed by atoms with Gasteiger partial charge in [0.15, 0.2) is 18.1 Å². The van der Waals surface area contributed by atoms with E-state index in [-0.39, 0.29) is 24.3 Å². The van der Waals surface area contributed by atoms with Crippen molar-refractivity contribution in [3.05, 3.63) is 93.3 Å². The normalized spacial score (nSPS) is 14.3. The molecule has 3 aromatic carbocycles. The van der Waals surface area contributed by atoms with E-state index in [1.165, 1.54) is 12.0 Å². The number of rotatable bonds is 8. The van der Waals surface area contributed by atoms with Crippen LogP contribution in [0.4, 0.5) is 10.5 Å². The molecule has 1 heterocycles. The lowest BCUT2D eigenvalue weighted by molar-refractivity contribution is -0.123. The van der Waals surface area contributed by atoms with E-state index in [9.17, 15) is 14.4 Å². The second-order valence-corrected chi connectivity index (χ2v) is 9.32. The number of thioether (sulfide) groups is 1. The van der Waals surface area contributed by atoms with Crippen LogP contribution in [0.15, 0.2) is 71.6 Å². The molecule has 4 rings (SSSR count). The summed E-state index contributed by atoms with van der Waals surface area (Å²) in [6.45, 7) is 1.80. The Morgan fingerprint density at radius 1 is 1.06 bits per heavy atom. The number of halogens is 1. The Hall–Kier alpha value is -3.75. The van der Waals surface area contributed by atoms with Crippen LogP contribution in [0, 0.1) is 6.92 Å². The average molecular weight is 523 g/mol. The van der Waals surface area contributed by atoms with Crippen molar-refractivity contribution in [2.45, 2.75) is 13.5 Å². The Morgan fingerprint density at radius 3 is 2.56 bits per heavy atom. The number of imide groups is 1. The summed E-state index contributed by atoms with van der Waals surface area (Å²) in [5.41, 5.74) is 3.00. The minimum Gasteiger partial charge on any atom is -0.493 e. The lowest BCUT2D eigenvalue weighted by Crippen LogP contribution is -2.27. The molecule has 0 unspecified atom stereocenters. The first-order chi connectivity index (χ1) is 17.4. The van der Waals surface area contributed by atoms with Gasteiger partial charge in [0.25, 0.3) is 17.1 Å². The molecule has 0 atom stereocenters. The molecule has 36 heavy (non-hydrogen) atoms. The van der Waals surface area contributed by atoms with Gasteiger partial charge in [-0.05, 0) is 65.7 Å². The molecule has 7 nitrogen and oxygen atoms in total. The minimum absolute atomic E-state index is 0.0996. The zero-order valence-electron chi connectivity index (χ0n) is 19.6. The predicted molar refractivity (Wildman–Crippen MR) is 141 cm³/mol. The van der Waals surface area contributed by atoms with Crippen molar-refractivity contribution in [2.75, 3.05) is 19.0 Å². The number of hydrogen-bond donors (Lipinski definition) is 1. The molecule has 184 valence electrons. The molecular weight excluding hydrogens is 500 g/mol. The van der Waals surface area contributed by atoms with Crippen LogP contribution in [0.25, 0.3) is 6.08 Å². The largest absolute Gasteiger partial charge is 0.493 e. The van der Waals surface area contributed by atoms with Gasteiger partial charge in [-0.15, -0.1) is 0 Å². The van der Waals surface area contributed by atoms with Gasteiger partial charge in [-0.25, -0.2) is 0 Å². The van der Waals surface area contributed by atoms with Gasteiger partial charge < -0.3 is 14.8 Å². The van der Waals surface area contributed by atoms with E-state index in [0.717, 1.165) is 23.0 Å². The van der Waals surface area contributed by atoms with Crippen molar-refractivity contribution in [3.63, 3.8) is 0 Å². The molecule has 0 bridgehead atoms. The summed E-state index contributed by atoms with van der Waals surface area (Å²) >= 11 is 7.05. The van der Waals surface area contributed by atoms with Crippen LogP contribution in [-0.4, -0.2) is 35.7 Å². The van der Waals surface area contributed by atoms with Crippen LogP contribution in [-0.2, 0) is 16.1 Å². The third-order valence-electron chi connectivity index (χ3n) is 5.42. The minimum atomic E-state index is -0.392. The molecule has 0 saturated carbocycles. The number of methoxy groups -OCH3 is 1. The Labute approximate surface area is 218 Å². The monoisotopic (exact) mass is 522 g/mol. The maximum absolute atomic E-state index is 12.9. The third-order valence-corrected chi connectivity index (χ3v) is 6.70. The second kappa shape index (κ2) is 11.3. The molecule has 1 aliphatic rings. The first-order valence-corrected chi connectivity index (χ1v) is 12.2. The summed E-state index contributed by atoms with van der Waals surface area (Å²) in [6.07, 6.45) is 1.62. The number of anilines is 1. The molecular formula is C27H23ClN2O5S. The highest BCUT2D eigenvalue weighted by atomic mass is 35.5. The number of nitrogens with zero attached hydrogens (tertiary/aromatic N) is 1. The van der Waals surface area contributed by atoms with Crippen LogP contribution in [0.3, 0.4) is 0 Å². The fraction of sp³-hybridized carbons (Fsp3) is 0.148. The quantitative estimate of drug-likeness (QED) is 0.370. The molecule has 9 heteroatoms. The Balaban J connectivity index is 1.43. The average Bonchev–Trinajstić information content (AvgIpc) is 3.13. The van der Waals surface area contributed by atoms with E-state index < -0.39 is 5.91 Å². The van der Waals surface area contributed by atoms with E-state index in [1.54, 1.807) is 48.5 Å². The van der Waals surface area contributed by atoms with Gasteiger partial charge in [-0.2, -0.15) is 0 Å². The summed E-state index contributed by atoms with van der Waals surface area (Å²) in [5, 5.41) is 2.94. The molecule has 0 spiro atoms. The smallest absolute Gasteiger partial charge is 0.293 e. The van der Waals surface area contributed by atoms with Crippen molar-refractivity contribution in [2.24, 2.45) is 0 Å². The summed E-state index contributed by atoms with van der Waals surface area (Å²) in [7, 11) is 1.48. The number of aryl methyl sites for hydroxylation is 1. The molecule has 0 radical (unpaired) electrons. The molecule has 0 aliphatic carbocycles. The van der Waals surface area contributed by atoms with Crippen LogP contribution >= 0.6 is 23.4 Å². The van der Waals surface area contributed by atoms with Crippen molar-refractivity contribution < 1.29 is 23.9 Å². The first-order valence-electron chi connectivity index (χ1n) is 11.0. The van der Waals surface area contributed by atoms with Gasteiger partial charge in [-0.1, -0.05) is 54.1 Å². The van der Waals surface area contributed by atoms with E-state index >= 15 is 0 Å². The standard InChI is InChI=1S/C27H23ClN2O5S/c1-17-7-3-6-10-21(17)29-25(31)16-35-22-12-11-18(13-23(22)34-2)14-24-26(32)30(27(33)36-24)15-19-8-4-5-9-20(19)28/h3-14H,15-16H2,1-2H3,(H,29,31)/b24-14-. The number of hydrogen-bond acceptors (Lipinski definition) is 6. The SMILES string of the molecule is COc1cc(/C=C2\SC(=O)N(Cc3ccccc3Cl)C2=O)ccc1OCC(=O)Nc1ccccc1C. The fourth-order valence-corrected chi connectivity index (χ4v) is 4.55. The summed E-state index contributed by atoms with van der Waals surface area (Å²) in [5.74, 6) is 0.0730. The zero-order chi connectivity index (χ0) is 25.7. The van der Waals surface area contributed by atoms with Gasteiger partial charge in [0.05, 0.1) is 18.6 Å².